The monoisotopic (exact) mass is 281 g/mol. The zero-order valence-corrected chi connectivity index (χ0v) is 12.1. The second-order valence-corrected chi connectivity index (χ2v) is 4.52. The Hall–Kier alpha value is -1.86. The summed E-state index contributed by atoms with van der Waals surface area (Å²) < 4.78 is 15.5. The number of hydrogen-bond acceptors (Lipinski definition) is 4. The molecule has 0 fully saturated rings. The molecule has 0 atom stereocenters. The standard InChI is InChI=1S/C14H16ClNO3/c1-9(2)11-5-14(18-4)12(15)6-13(11)19-10(7-16)8-17-3/h5-6,8-9H,1-4H3/b10-8+. The fraction of sp³-hybridized carbons (Fsp3) is 0.357. The molecule has 0 radical (unpaired) electrons. The maximum absolute atomic E-state index is 8.94. The molecule has 102 valence electrons. The van der Waals surface area contributed by atoms with E-state index in [0.29, 0.717) is 16.5 Å². The van der Waals surface area contributed by atoms with E-state index in [4.69, 9.17) is 31.1 Å². The van der Waals surface area contributed by atoms with Gasteiger partial charge < -0.3 is 14.2 Å². The van der Waals surface area contributed by atoms with Gasteiger partial charge in [0.05, 0.1) is 19.2 Å². The van der Waals surface area contributed by atoms with E-state index in [0.717, 1.165) is 5.56 Å². The van der Waals surface area contributed by atoms with Crippen molar-refractivity contribution in [3.05, 3.63) is 34.7 Å². The highest BCUT2D eigenvalue weighted by Gasteiger charge is 2.15. The van der Waals surface area contributed by atoms with Crippen molar-refractivity contribution in [1.29, 1.82) is 5.26 Å². The third-order valence-corrected chi connectivity index (χ3v) is 2.76. The molecule has 19 heavy (non-hydrogen) atoms. The Balaban J connectivity index is 3.23. The lowest BCUT2D eigenvalue weighted by Crippen LogP contribution is -2.00. The number of methoxy groups -OCH3 is 2. The van der Waals surface area contributed by atoms with E-state index in [1.54, 1.807) is 13.2 Å². The third-order valence-electron chi connectivity index (χ3n) is 2.46. The normalized spacial score (nSPS) is 11.1. The molecule has 0 N–H and O–H groups in total. The molecule has 0 amide bonds. The van der Waals surface area contributed by atoms with Crippen molar-refractivity contribution in [3.63, 3.8) is 0 Å². The van der Waals surface area contributed by atoms with Crippen LogP contribution >= 0.6 is 11.6 Å². The van der Waals surface area contributed by atoms with Gasteiger partial charge in [-0.15, -0.1) is 0 Å². The van der Waals surface area contributed by atoms with Crippen LogP contribution in [-0.2, 0) is 4.74 Å². The highest BCUT2D eigenvalue weighted by atomic mass is 35.5. The van der Waals surface area contributed by atoms with Crippen molar-refractivity contribution in [1.82, 2.24) is 0 Å². The Morgan fingerprint density at radius 2 is 2.00 bits per heavy atom. The van der Waals surface area contributed by atoms with Crippen LogP contribution in [0.25, 0.3) is 0 Å². The van der Waals surface area contributed by atoms with Gasteiger partial charge in [-0.1, -0.05) is 25.4 Å². The molecule has 0 saturated heterocycles. The van der Waals surface area contributed by atoms with Crippen molar-refractivity contribution in [3.8, 4) is 17.6 Å². The van der Waals surface area contributed by atoms with Crippen LogP contribution in [-0.4, -0.2) is 14.2 Å². The predicted octanol–water partition coefficient (Wildman–Crippen LogP) is 3.86. The number of nitriles is 1. The van der Waals surface area contributed by atoms with Crippen LogP contribution in [0.1, 0.15) is 25.3 Å². The van der Waals surface area contributed by atoms with Crippen LogP contribution in [0.3, 0.4) is 0 Å². The number of ether oxygens (including phenoxy) is 3. The van der Waals surface area contributed by atoms with Crippen molar-refractivity contribution in [2.24, 2.45) is 0 Å². The number of benzene rings is 1. The average molecular weight is 282 g/mol. The second-order valence-electron chi connectivity index (χ2n) is 4.11. The predicted molar refractivity (Wildman–Crippen MR) is 73.4 cm³/mol. The van der Waals surface area contributed by atoms with E-state index in [9.17, 15) is 0 Å². The van der Waals surface area contributed by atoms with Crippen LogP contribution < -0.4 is 9.47 Å². The van der Waals surface area contributed by atoms with Crippen molar-refractivity contribution < 1.29 is 14.2 Å². The molecule has 0 aliphatic rings. The lowest BCUT2D eigenvalue weighted by molar-refractivity contribution is 0.309. The van der Waals surface area contributed by atoms with Gasteiger partial charge in [-0.25, -0.2) is 0 Å². The second kappa shape index (κ2) is 6.91. The van der Waals surface area contributed by atoms with E-state index in [-0.39, 0.29) is 11.7 Å². The molecule has 0 aliphatic carbocycles. The minimum Gasteiger partial charge on any atom is -0.500 e. The van der Waals surface area contributed by atoms with Gasteiger partial charge in [-0.3, -0.25) is 0 Å². The van der Waals surface area contributed by atoms with Crippen molar-refractivity contribution in [2.75, 3.05) is 14.2 Å². The fourth-order valence-corrected chi connectivity index (χ4v) is 1.78. The molecular formula is C14H16ClNO3. The molecule has 4 nitrogen and oxygen atoms in total. The molecule has 0 aromatic heterocycles. The highest BCUT2D eigenvalue weighted by molar-refractivity contribution is 6.32. The van der Waals surface area contributed by atoms with Gasteiger partial charge in [-0.2, -0.15) is 5.26 Å². The molecule has 0 bridgehead atoms. The molecule has 0 unspecified atom stereocenters. The minimum atomic E-state index is 0.0608. The number of rotatable bonds is 5. The first kappa shape index (κ1) is 15.2. The highest BCUT2D eigenvalue weighted by Crippen LogP contribution is 2.37. The molecule has 1 rings (SSSR count). The molecule has 0 spiro atoms. The Labute approximate surface area is 118 Å². The molecule has 1 aromatic rings. The maximum Gasteiger partial charge on any atom is 0.238 e. The Morgan fingerprint density at radius 1 is 1.32 bits per heavy atom. The molecule has 0 saturated carbocycles. The van der Waals surface area contributed by atoms with Gasteiger partial charge in [0.1, 0.15) is 23.8 Å². The first-order valence-electron chi connectivity index (χ1n) is 5.71. The maximum atomic E-state index is 8.94. The Bertz CT molecular complexity index is 518. The van der Waals surface area contributed by atoms with E-state index in [2.05, 4.69) is 0 Å². The first-order chi connectivity index (χ1) is 9.03. The molecule has 0 aliphatic heterocycles. The van der Waals surface area contributed by atoms with Gasteiger partial charge in [-0.05, 0) is 12.0 Å². The summed E-state index contributed by atoms with van der Waals surface area (Å²) in [6.07, 6.45) is 1.24. The number of allylic oxidation sites excluding steroid dienone is 1. The van der Waals surface area contributed by atoms with Gasteiger partial charge in [0, 0.05) is 11.6 Å². The third kappa shape index (κ3) is 3.80. The summed E-state index contributed by atoms with van der Waals surface area (Å²) in [6, 6.07) is 5.35. The van der Waals surface area contributed by atoms with E-state index in [1.165, 1.54) is 13.4 Å². The zero-order chi connectivity index (χ0) is 14.4. The molecule has 0 heterocycles. The van der Waals surface area contributed by atoms with Crippen molar-refractivity contribution in [2.45, 2.75) is 19.8 Å². The Morgan fingerprint density at radius 3 is 2.47 bits per heavy atom. The zero-order valence-electron chi connectivity index (χ0n) is 11.4. The molecule has 1 aromatic carbocycles. The largest absolute Gasteiger partial charge is 0.500 e. The molecular weight excluding hydrogens is 266 g/mol. The summed E-state index contributed by atoms with van der Waals surface area (Å²) in [5.74, 6) is 1.35. The SMILES string of the molecule is CO/C=C(\C#N)Oc1cc(Cl)c(OC)cc1C(C)C. The Kier molecular flexibility index (Phi) is 5.53. The number of hydrogen-bond donors (Lipinski definition) is 0. The summed E-state index contributed by atoms with van der Waals surface area (Å²) >= 11 is 6.07. The van der Waals surface area contributed by atoms with Crippen LogP contribution in [0.5, 0.6) is 11.5 Å². The average Bonchev–Trinajstić information content (AvgIpc) is 2.38. The lowest BCUT2D eigenvalue weighted by atomic mass is 10.0. The molecule has 5 heteroatoms. The fourth-order valence-electron chi connectivity index (χ4n) is 1.55. The van der Waals surface area contributed by atoms with Crippen LogP contribution in [0, 0.1) is 11.3 Å². The minimum absolute atomic E-state index is 0.0608. The van der Waals surface area contributed by atoms with Crippen LogP contribution in [0.15, 0.2) is 24.2 Å². The topological polar surface area (TPSA) is 51.5 Å². The quantitative estimate of drug-likeness (QED) is 0.607. The summed E-state index contributed by atoms with van der Waals surface area (Å²) in [7, 11) is 3.00. The summed E-state index contributed by atoms with van der Waals surface area (Å²) in [5, 5.41) is 9.36. The van der Waals surface area contributed by atoms with Gasteiger partial charge in [0.15, 0.2) is 0 Å². The van der Waals surface area contributed by atoms with E-state index in [1.807, 2.05) is 26.0 Å². The van der Waals surface area contributed by atoms with Crippen LogP contribution in [0.4, 0.5) is 0 Å². The van der Waals surface area contributed by atoms with Crippen molar-refractivity contribution >= 4 is 11.6 Å². The summed E-state index contributed by atoms with van der Waals surface area (Å²) in [5.41, 5.74) is 0.901. The number of halogens is 1. The van der Waals surface area contributed by atoms with E-state index < -0.39 is 0 Å². The van der Waals surface area contributed by atoms with Gasteiger partial charge >= 0.3 is 0 Å². The summed E-state index contributed by atoms with van der Waals surface area (Å²) in [4.78, 5) is 0. The van der Waals surface area contributed by atoms with Crippen LogP contribution in [0.2, 0.25) is 5.02 Å². The summed E-state index contributed by atoms with van der Waals surface area (Å²) in [6.45, 7) is 4.03. The lowest BCUT2D eigenvalue weighted by Gasteiger charge is -2.15. The van der Waals surface area contributed by atoms with Gasteiger partial charge in [0.25, 0.3) is 0 Å². The van der Waals surface area contributed by atoms with E-state index >= 15 is 0 Å². The number of nitrogens with zero attached hydrogens (tertiary/aromatic N) is 1. The smallest absolute Gasteiger partial charge is 0.238 e. The first-order valence-corrected chi connectivity index (χ1v) is 6.09. The van der Waals surface area contributed by atoms with Gasteiger partial charge in [0.2, 0.25) is 5.76 Å².